The zero-order valence-electron chi connectivity index (χ0n) is 33.7. The van der Waals surface area contributed by atoms with Crippen LogP contribution >= 0.6 is 0 Å². The van der Waals surface area contributed by atoms with E-state index in [1.165, 1.54) is 19.1 Å². The number of carbonyl (C=O) groups excluding carboxylic acids is 5. The molecule has 2 aliphatic rings. The normalized spacial score (nSPS) is 16.2. The number of nitrogens with one attached hydrogen (secondary N) is 2. The van der Waals surface area contributed by atoms with Crippen molar-refractivity contribution < 1.29 is 52.8 Å². The maximum Gasteiger partial charge on any atom is 0.410 e. The van der Waals surface area contributed by atoms with Crippen molar-refractivity contribution in [2.45, 2.75) is 77.5 Å². The number of hydrogen-bond acceptors (Lipinski definition) is 10. The number of hydrogen-bond donors (Lipinski definition) is 3. The van der Waals surface area contributed by atoms with E-state index in [2.05, 4.69) is 10.6 Å². The lowest BCUT2D eigenvalue weighted by molar-refractivity contribution is -0.142. The fourth-order valence-corrected chi connectivity index (χ4v) is 6.99. The van der Waals surface area contributed by atoms with Gasteiger partial charge in [0.1, 0.15) is 35.7 Å². The van der Waals surface area contributed by atoms with E-state index in [-0.39, 0.29) is 81.5 Å². The first-order valence-electron chi connectivity index (χ1n) is 19.2. The molecule has 56 heavy (non-hydrogen) atoms. The number of piperazine rings is 1. The molecule has 310 valence electrons. The van der Waals surface area contributed by atoms with Crippen molar-refractivity contribution in [3.63, 3.8) is 0 Å². The SMILES string of the molecule is COc1ccc2c(C(=O)NCCOCCOCC(=O)O)c(C(=O)N3CCN(C(=O)C(NC(=O)C(C)N(C)C(=O)OC(C)(C)C)C4CCCCC4)CC3)n(C)c2c1. The van der Waals surface area contributed by atoms with Gasteiger partial charge in [0.2, 0.25) is 11.8 Å². The third kappa shape index (κ3) is 11.3. The lowest BCUT2D eigenvalue weighted by atomic mass is 9.83. The summed E-state index contributed by atoms with van der Waals surface area (Å²) in [4.78, 5) is 83.5. The standard InChI is InChI=1S/C39H58N6O11/c1-25(42(5)38(52)56-39(2,3)4)34(48)41-32(26-11-9-8-10-12-26)36(50)44-16-18-45(19-17-44)37(51)33-31(28-14-13-27(53-7)23-29(28)43(33)6)35(49)40-15-20-54-21-22-55-24-30(46)47/h13-14,23,25-26,32H,8-12,15-22,24H2,1-7H3,(H,40,49)(H,41,48)(H,46,47). The minimum absolute atomic E-state index is 0.0663. The van der Waals surface area contributed by atoms with E-state index in [1.54, 1.807) is 67.3 Å². The quantitative estimate of drug-likeness (QED) is 0.212. The monoisotopic (exact) mass is 786 g/mol. The summed E-state index contributed by atoms with van der Waals surface area (Å²) < 4.78 is 22.9. The second kappa shape index (κ2) is 19.8. The summed E-state index contributed by atoms with van der Waals surface area (Å²) in [6, 6.07) is 3.53. The van der Waals surface area contributed by atoms with Gasteiger partial charge in [-0.15, -0.1) is 0 Å². The summed E-state index contributed by atoms with van der Waals surface area (Å²) in [6.45, 7) is 7.78. The van der Waals surface area contributed by atoms with Crippen LogP contribution in [0.1, 0.15) is 80.6 Å². The van der Waals surface area contributed by atoms with Gasteiger partial charge in [0.25, 0.3) is 11.8 Å². The smallest absolute Gasteiger partial charge is 0.410 e. The molecular formula is C39H58N6O11. The highest BCUT2D eigenvalue weighted by Crippen LogP contribution is 2.31. The maximum atomic E-state index is 14.3. The molecule has 17 nitrogen and oxygen atoms in total. The van der Waals surface area contributed by atoms with Crippen LogP contribution in [0.5, 0.6) is 5.75 Å². The third-order valence-electron chi connectivity index (χ3n) is 10.2. The summed E-state index contributed by atoms with van der Waals surface area (Å²) in [6.07, 6.45) is 3.89. The van der Waals surface area contributed by atoms with Gasteiger partial charge in [-0.05, 0) is 58.6 Å². The fraction of sp³-hybridized carbons (Fsp3) is 0.641. The van der Waals surface area contributed by atoms with Crippen molar-refractivity contribution in [3.05, 3.63) is 29.5 Å². The molecule has 4 rings (SSSR count). The Bertz CT molecular complexity index is 1720. The van der Waals surface area contributed by atoms with Gasteiger partial charge in [-0.3, -0.25) is 24.1 Å². The van der Waals surface area contributed by atoms with E-state index in [0.717, 1.165) is 32.1 Å². The Morgan fingerprint density at radius 1 is 0.946 bits per heavy atom. The highest BCUT2D eigenvalue weighted by Gasteiger charge is 2.38. The number of carboxylic acids is 1. The average molecular weight is 787 g/mol. The Hall–Kier alpha value is -4.90. The van der Waals surface area contributed by atoms with E-state index >= 15 is 0 Å². The average Bonchev–Trinajstić information content (AvgIpc) is 3.47. The van der Waals surface area contributed by atoms with Crippen LogP contribution in [-0.4, -0.2) is 151 Å². The number of amides is 5. The highest BCUT2D eigenvalue weighted by atomic mass is 16.6. The van der Waals surface area contributed by atoms with Crippen LogP contribution in [0.15, 0.2) is 18.2 Å². The molecule has 0 spiro atoms. The molecule has 0 radical (unpaired) electrons. The van der Waals surface area contributed by atoms with Gasteiger partial charge < -0.3 is 49.1 Å². The topological polar surface area (TPSA) is 198 Å². The molecule has 2 unspecified atom stereocenters. The molecule has 2 atom stereocenters. The predicted octanol–water partition coefficient (Wildman–Crippen LogP) is 2.64. The molecule has 0 bridgehead atoms. The second-order valence-corrected chi connectivity index (χ2v) is 15.2. The van der Waals surface area contributed by atoms with Gasteiger partial charge in [-0.25, -0.2) is 9.59 Å². The number of aromatic nitrogens is 1. The van der Waals surface area contributed by atoms with E-state index in [4.69, 9.17) is 24.1 Å². The number of rotatable bonds is 16. The largest absolute Gasteiger partial charge is 0.497 e. The van der Waals surface area contributed by atoms with Gasteiger partial charge in [0.05, 0.1) is 38.0 Å². The minimum atomic E-state index is -1.08. The van der Waals surface area contributed by atoms with Crippen molar-refractivity contribution in [3.8, 4) is 5.75 Å². The lowest BCUT2D eigenvalue weighted by Crippen LogP contribution is -2.60. The second-order valence-electron chi connectivity index (χ2n) is 15.2. The number of aliphatic carboxylic acids is 1. The molecule has 2 aromatic rings. The number of likely N-dealkylation sites (N-methyl/N-ethyl adjacent to an activating group) is 1. The Labute approximate surface area is 327 Å². The number of ether oxygens (including phenoxy) is 4. The van der Waals surface area contributed by atoms with Gasteiger partial charge in [-0.1, -0.05) is 19.3 Å². The molecule has 1 aromatic carbocycles. The summed E-state index contributed by atoms with van der Waals surface area (Å²) >= 11 is 0. The lowest BCUT2D eigenvalue weighted by Gasteiger charge is -2.39. The first-order chi connectivity index (χ1) is 26.5. The number of benzene rings is 1. The van der Waals surface area contributed by atoms with E-state index in [0.29, 0.717) is 16.7 Å². The number of carbonyl (C=O) groups is 6. The molecule has 1 saturated carbocycles. The Kier molecular flexibility index (Phi) is 15.5. The zero-order chi connectivity index (χ0) is 41.2. The summed E-state index contributed by atoms with van der Waals surface area (Å²) in [5, 5.41) is 15.0. The van der Waals surface area contributed by atoms with Crippen molar-refractivity contribution in [2.75, 3.05) is 73.3 Å². The molecular weight excluding hydrogens is 728 g/mol. The summed E-state index contributed by atoms with van der Waals surface area (Å²) in [5.74, 6) is -2.11. The van der Waals surface area contributed by atoms with E-state index in [9.17, 15) is 28.8 Å². The summed E-state index contributed by atoms with van der Waals surface area (Å²) in [7, 11) is 4.74. The van der Waals surface area contributed by atoms with Crippen LogP contribution in [0.2, 0.25) is 0 Å². The number of aryl methyl sites for hydroxylation is 1. The molecule has 1 aliphatic carbocycles. The Balaban J connectivity index is 1.46. The Morgan fingerprint density at radius 2 is 1.59 bits per heavy atom. The van der Waals surface area contributed by atoms with Gasteiger partial charge in [0, 0.05) is 58.3 Å². The molecule has 3 N–H and O–H groups in total. The third-order valence-corrected chi connectivity index (χ3v) is 10.2. The fourth-order valence-electron chi connectivity index (χ4n) is 6.99. The number of nitrogens with zero attached hydrogens (tertiary/aromatic N) is 4. The maximum absolute atomic E-state index is 14.3. The number of carboxylic acid groups (broad SMARTS) is 1. The van der Waals surface area contributed by atoms with Gasteiger partial charge in [0.15, 0.2) is 0 Å². The summed E-state index contributed by atoms with van der Waals surface area (Å²) in [5.41, 5.74) is 0.268. The van der Waals surface area contributed by atoms with E-state index in [1.807, 2.05) is 0 Å². The van der Waals surface area contributed by atoms with Crippen LogP contribution in [-0.2, 0) is 35.6 Å². The van der Waals surface area contributed by atoms with Crippen LogP contribution < -0.4 is 15.4 Å². The molecule has 2 heterocycles. The van der Waals surface area contributed by atoms with Crippen molar-refractivity contribution >= 4 is 46.6 Å². The first kappa shape index (κ1) is 43.8. The van der Waals surface area contributed by atoms with Crippen molar-refractivity contribution in [2.24, 2.45) is 13.0 Å². The van der Waals surface area contributed by atoms with Gasteiger partial charge >= 0.3 is 12.1 Å². The van der Waals surface area contributed by atoms with Crippen LogP contribution in [0.25, 0.3) is 10.9 Å². The molecule has 1 aromatic heterocycles. The minimum Gasteiger partial charge on any atom is -0.497 e. The van der Waals surface area contributed by atoms with Crippen molar-refractivity contribution in [1.82, 2.24) is 29.9 Å². The van der Waals surface area contributed by atoms with Crippen molar-refractivity contribution in [1.29, 1.82) is 0 Å². The first-order valence-corrected chi connectivity index (χ1v) is 19.2. The molecule has 1 saturated heterocycles. The zero-order valence-corrected chi connectivity index (χ0v) is 33.7. The predicted molar refractivity (Wildman–Crippen MR) is 206 cm³/mol. The molecule has 1 aliphatic heterocycles. The van der Waals surface area contributed by atoms with Crippen LogP contribution in [0.4, 0.5) is 4.79 Å². The number of fused-ring (bicyclic) bond motifs is 1. The van der Waals surface area contributed by atoms with E-state index < -0.39 is 48.2 Å². The molecule has 2 fully saturated rings. The highest BCUT2D eigenvalue weighted by molar-refractivity contribution is 6.16. The van der Waals surface area contributed by atoms with Crippen LogP contribution in [0, 0.1) is 5.92 Å². The van der Waals surface area contributed by atoms with Gasteiger partial charge in [-0.2, -0.15) is 0 Å². The molecule has 17 heteroatoms. The number of methoxy groups -OCH3 is 1. The molecule has 5 amide bonds. The Morgan fingerprint density at radius 3 is 2.21 bits per heavy atom. The van der Waals surface area contributed by atoms with Crippen LogP contribution in [0.3, 0.4) is 0 Å².